The zero-order chi connectivity index (χ0) is 13.5. The first-order chi connectivity index (χ1) is 8.49. The minimum atomic E-state index is -0.826. The van der Waals surface area contributed by atoms with E-state index in [9.17, 15) is 9.59 Å². The smallest absolute Gasteiger partial charge is 0.303 e. The van der Waals surface area contributed by atoms with Crippen molar-refractivity contribution in [3.05, 3.63) is 29.0 Å². The van der Waals surface area contributed by atoms with Crippen molar-refractivity contribution >= 4 is 23.5 Å². The molecule has 0 saturated carbocycles. The zero-order valence-electron chi connectivity index (χ0n) is 10.0. The van der Waals surface area contributed by atoms with E-state index in [2.05, 4.69) is 10.3 Å². The highest BCUT2D eigenvalue weighted by atomic mass is 35.5. The zero-order valence-corrected chi connectivity index (χ0v) is 10.8. The Hall–Kier alpha value is -1.62. The van der Waals surface area contributed by atoms with E-state index in [-0.39, 0.29) is 18.4 Å². The second-order valence-electron chi connectivity index (χ2n) is 4.02. The summed E-state index contributed by atoms with van der Waals surface area (Å²) >= 11 is 5.67. The number of aromatic nitrogens is 1. The van der Waals surface area contributed by atoms with E-state index in [1.165, 1.54) is 6.20 Å². The third kappa shape index (κ3) is 5.14. The van der Waals surface area contributed by atoms with E-state index in [0.717, 1.165) is 0 Å². The fourth-order valence-electron chi connectivity index (χ4n) is 1.44. The van der Waals surface area contributed by atoms with Gasteiger partial charge in [-0.25, -0.2) is 4.98 Å². The second kappa shape index (κ2) is 6.96. The number of halogens is 1. The van der Waals surface area contributed by atoms with Crippen LogP contribution in [0, 0.1) is 0 Å². The van der Waals surface area contributed by atoms with Crippen LogP contribution in [0.15, 0.2) is 18.3 Å². The van der Waals surface area contributed by atoms with Gasteiger partial charge in [0.1, 0.15) is 5.69 Å². The third-order valence-corrected chi connectivity index (χ3v) is 2.59. The van der Waals surface area contributed by atoms with Gasteiger partial charge >= 0.3 is 5.97 Å². The summed E-state index contributed by atoms with van der Waals surface area (Å²) in [6.07, 6.45) is 2.67. The molecule has 1 rings (SSSR count). The third-order valence-electron chi connectivity index (χ3n) is 2.37. The molecule has 5 nitrogen and oxygen atoms in total. The summed E-state index contributed by atoms with van der Waals surface area (Å²) in [6.45, 7) is 1.83. The van der Waals surface area contributed by atoms with E-state index < -0.39 is 5.97 Å². The lowest BCUT2D eigenvalue weighted by molar-refractivity contribution is -0.137. The van der Waals surface area contributed by atoms with E-state index in [1.54, 1.807) is 12.1 Å². The highest BCUT2D eigenvalue weighted by molar-refractivity contribution is 6.30. The van der Waals surface area contributed by atoms with Crippen LogP contribution in [0.5, 0.6) is 0 Å². The van der Waals surface area contributed by atoms with Gasteiger partial charge in [0, 0.05) is 18.7 Å². The summed E-state index contributed by atoms with van der Waals surface area (Å²) in [5.74, 6) is -1.11. The molecule has 0 fully saturated rings. The lowest BCUT2D eigenvalue weighted by Gasteiger charge is -2.12. The van der Waals surface area contributed by atoms with Crippen molar-refractivity contribution in [3.8, 4) is 0 Å². The Morgan fingerprint density at radius 3 is 2.78 bits per heavy atom. The highest BCUT2D eigenvalue weighted by Crippen LogP contribution is 2.07. The molecule has 1 heterocycles. The Balaban J connectivity index is 2.39. The topological polar surface area (TPSA) is 79.3 Å². The van der Waals surface area contributed by atoms with Crippen molar-refractivity contribution in [2.75, 3.05) is 0 Å². The lowest BCUT2D eigenvalue weighted by Crippen LogP contribution is -2.33. The van der Waals surface area contributed by atoms with Gasteiger partial charge in [-0.1, -0.05) is 11.6 Å². The van der Waals surface area contributed by atoms with Gasteiger partial charge in [0.25, 0.3) is 5.91 Å². The number of nitrogens with zero attached hydrogens (tertiary/aromatic N) is 1. The number of rotatable bonds is 6. The average Bonchev–Trinajstić information content (AvgIpc) is 2.29. The molecule has 18 heavy (non-hydrogen) atoms. The SMILES string of the molecule is CC(CCCC(=O)O)NC(=O)c1ccc(Cl)cn1. The lowest BCUT2D eigenvalue weighted by atomic mass is 10.1. The van der Waals surface area contributed by atoms with Gasteiger partial charge in [-0.15, -0.1) is 0 Å². The van der Waals surface area contributed by atoms with Crippen molar-refractivity contribution in [2.24, 2.45) is 0 Å². The minimum Gasteiger partial charge on any atom is -0.481 e. The standard InChI is InChI=1S/C12H15ClN2O3/c1-8(3-2-4-11(16)17)15-12(18)10-6-5-9(13)7-14-10/h5-8H,2-4H2,1H3,(H,15,18)(H,16,17). The first kappa shape index (κ1) is 14.4. The number of carboxylic acid groups (broad SMARTS) is 1. The number of aliphatic carboxylic acids is 1. The predicted octanol–water partition coefficient (Wildman–Crippen LogP) is 2.11. The molecule has 6 heteroatoms. The highest BCUT2D eigenvalue weighted by Gasteiger charge is 2.11. The Kier molecular flexibility index (Phi) is 5.58. The van der Waals surface area contributed by atoms with Crippen LogP contribution in [-0.4, -0.2) is 28.0 Å². The van der Waals surface area contributed by atoms with Crippen LogP contribution in [0.3, 0.4) is 0 Å². The molecule has 1 unspecified atom stereocenters. The summed E-state index contributed by atoms with van der Waals surface area (Å²) in [6, 6.07) is 3.05. The maximum absolute atomic E-state index is 11.7. The minimum absolute atomic E-state index is 0.0886. The van der Waals surface area contributed by atoms with Gasteiger partial charge in [-0.3, -0.25) is 9.59 Å². The molecule has 1 aromatic heterocycles. The number of carbonyl (C=O) groups excluding carboxylic acids is 1. The van der Waals surface area contributed by atoms with Gasteiger partial charge < -0.3 is 10.4 Å². The molecule has 0 aliphatic heterocycles. The van der Waals surface area contributed by atoms with Crippen LogP contribution in [-0.2, 0) is 4.79 Å². The maximum Gasteiger partial charge on any atom is 0.303 e. The van der Waals surface area contributed by atoms with Crippen molar-refractivity contribution in [2.45, 2.75) is 32.2 Å². The largest absolute Gasteiger partial charge is 0.481 e. The monoisotopic (exact) mass is 270 g/mol. The van der Waals surface area contributed by atoms with Crippen LogP contribution in [0.1, 0.15) is 36.7 Å². The number of nitrogens with one attached hydrogen (secondary N) is 1. The van der Waals surface area contributed by atoms with Crippen LogP contribution < -0.4 is 5.32 Å². The normalized spacial score (nSPS) is 11.9. The van der Waals surface area contributed by atoms with E-state index in [0.29, 0.717) is 23.6 Å². The molecule has 0 saturated heterocycles. The molecular weight excluding hydrogens is 256 g/mol. The number of hydrogen-bond donors (Lipinski definition) is 2. The second-order valence-corrected chi connectivity index (χ2v) is 4.46. The molecule has 2 N–H and O–H groups in total. The van der Waals surface area contributed by atoms with Crippen LogP contribution in [0.2, 0.25) is 5.02 Å². The molecule has 0 aromatic carbocycles. The maximum atomic E-state index is 11.7. The van der Waals surface area contributed by atoms with Crippen molar-refractivity contribution < 1.29 is 14.7 Å². The van der Waals surface area contributed by atoms with Gasteiger partial charge in [-0.2, -0.15) is 0 Å². The Morgan fingerprint density at radius 1 is 1.50 bits per heavy atom. The number of carboxylic acids is 1. The summed E-state index contributed by atoms with van der Waals surface area (Å²) in [5, 5.41) is 11.7. The molecule has 1 aromatic rings. The molecule has 0 radical (unpaired) electrons. The van der Waals surface area contributed by atoms with Crippen LogP contribution >= 0.6 is 11.6 Å². The summed E-state index contributed by atoms with van der Waals surface area (Å²) in [7, 11) is 0. The van der Waals surface area contributed by atoms with Gasteiger partial charge in [0.15, 0.2) is 0 Å². The van der Waals surface area contributed by atoms with E-state index >= 15 is 0 Å². The molecule has 0 aliphatic carbocycles. The number of pyridine rings is 1. The Morgan fingerprint density at radius 2 is 2.22 bits per heavy atom. The molecule has 1 amide bonds. The van der Waals surface area contributed by atoms with Crippen molar-refractivity contribution in [1.29, 1.82) is 0 Å². The number of amides is 1. The average molecular weight is 271 g/mol. The van der Waals surface area contributed by atoms with E-state index in [4.69, 9.17) is 16.7 Å². The van der Waals surface area contributed by atoms with Crippen LogP contribution in [0.25, 0.3) is 0 Å². The summed E-state index contributed by atoms with van der Waals surface area (Å²) < 4.78 is 0. The first-order valence-corrected chi connectivity index (χ1v) is 6.01. The molecule has 0 spiro atoms. The fraction of sp³-hybridized carbons (Fsp3) is 0.417. The van der Waals surface area contributed by atoms with Crippen molar-refractivity contribution in [1.82, 2.24) is 10.3 Å². The van der Waals surface area contributed by atoms with Gasteiger partial charge in [0.2, 0.25) is 0 Å². The molecular formula is C12H15ClN2O3. The quantitative estimate of drug-likeness (QED) is 0.830. The predicted molar refractivity (Wildman–Crippen MR) is 67.7 cm³/mol. The molecule has 1 atom stereocenters. The van der Waals surface area contributed by atoms with Gasteiger partial charge in [0.05, 0.1) is 5.02 Å². The van der Waals surface area contributed by atoms with Crippen molar-refractivity contribution in [3.63, 3.8) is 0 Å². The van der Waals surface area contributed by atoms with Crippen LogP contribution in [0.4, 0.5) is 0 Å². The first-order valence-electron chi connectivity index (χ1n) is 5.63. The summed E-state index contributed by atoms with van der Waals surface area (Å²) in [4.78, 5) is 26.0. The number of carbonyl (C=O) groups is 2. The molecule has 0 bridgehead atoms. The Bertz CT molecular complexity index is 420. The number of hydrogen-bond acceptors (Lipinski definition) is 3. The van der Waals surface area contributed by atoms with Gasteiger partial charge in [-0.05, 0) is 31.9 Å². The fourth-order valence-corrected chi connectivity index (χ4v) is 1.55. The van der Waals surface area contributed by atoms with E-state index in [1.807, 2.05) is 6.92 Å². The molecule has 98 valence electrons. The molecule has 0 aliphatic rings. The Labute approximate surface area is 110 Å². The summed E-state index contributed by atoms with van der Waals surface area (Å²) in [5.41, 5.74) is 0.296.